The Labute approximate surface area is 155 Å². The second kappa shape index (κ2) is 8.36. The molecule has 0 aliphatic rings. The predicted molar refractivity (Wildman–Crippen MR) is 105 cm³/mol. The number of amides is 1. The molecule has 0 unspecified atom stereocenters. The molecular formula is C19H20N2O2S2. The first-order chi connectivity index (χ1) is 12.2. The standard InChI is InChI=1S/C19H20N2O2S2/c1-3-23-15-9-10-16-17(11-15)25-19(21-16)24-12-18(22)20-13(2)14-7-5-4-6-8-14/h4-11,13H,3,12H2,1-2H3,(H,20,22)/t13-/m0/s1. The van der Waals surface area contributed by atoms with Crippen molar-refractivity contribution in [3.63, 3.8) is 0 Å². The first kappa shape index (κ1) is 17.8. The number of thioether (sulfide) groups is 1. The summed E-state index contributed by atoms with van der Waals surface area (Å²) in [4.78, 5) is 16.7. The Morgan fingerprint density at radius 2 is 2.08 bits per heavy atom. The van der Waals surface area contributed by atoms with Crippen LogP contribution >= 0.6 is 23.1 Å². The molecule has 1 heterocycles. The fourth-order valence-electron chi connectivity index (χ4n) is 2.44. The lowest BCUT2D eigenvalue weighted by atomic mass is 10.1. The summed E-state index contributed by atoms with van der Waals surface area (Å²) in [7, 11) is 0. The summed E-state index contributed by atoms with van der Waals surface area (Å²) >= 11 is 3.05. The average molecular weight is 373 g/mol. The number of thiazole rings is 1. The quantitative estimate of drug-likeness (QED) is 0.613. The van der Waals surface area contributed by atoms with E-state index in [1.165, 1.54) is 11.8 Å². The maximum Gasteiger partial charge on any atom is 0.230 e. The van der Waals surface area contributed by atoms with Gasteiger partial charge in [-0.25, -0.2) is 4.98 Å². The van der Waals surface area contributed by atoms with Gasteiger partial charge >= 0.3 is 0 Å². The van der Waals surface area contributed by atoms with Crippen molar-refractivity contribution in [2.45, 2.75) is 24.2 Å². The summed E-state index contributed by atoms with van der Waals surface area (Å²) in [6.45, 7) is 4.60. The smallest absolute Gasteiger partial charge is 0.230 e. The number of aromatic nitrogens is 1. The van der Waals surface area contributed by atoms with Gasteiger partial charge in [-0.1, -0.05) is 42.1 Å². The molecule has 0 saturated carbocycles. The average Bonchev–Trinajstić information content (AvgIpc) is 3.03. The summed E-state index contributed by atoms with van der Waals surface area (Å²) in [5.41, 5.74) is 2.04. The van der Waals surface area contributed by atoms with E-state index in [1.807, 2.05) is 62.4 Å². The lowest BCUT2D eigenvalue weighted by Gasteiger charge is -2.13. The van der Waals surface area contributed by atoms with Crippen LogP contribution in [0.25, 0.3) is 10.2 Å². The van der Waals surface area contributed by atoms with E-state index >= 15 is 0 Å². The van der Waals surface area contributed by atoms with Crippen LogP contribution in [-0.2, 0) is 4.79 Å². The first-order valence-electron chi connectivity index (χ1n) is 8.16. The third kappa shape index (κ3) is 4.74. The molecule has 0 bridgehead atoms. The lowest BCUT2D eigenvalue weighted by Crippen LogP contribution is -2.28. The Morgan fingerprint density at radius 1 is 1.28 bits per heavy atom. The summed E-state index contributed by atoms with van der Waals surface area (Å²) in [6, 6.07) is 15.8. The van der Waals surface area contributed by atoms with Crippen molar-refractivity contribution in [3.05, 3.63) is 54.1 Å². The number of carbonyl (C=O) groups is 1. The van der Waals surface area contributed by atoms with E-state index < -0.39 is 0 Å². The van der Waals surface area contributed by atoms with Crippen LogP contribution in [0.3, 0.4) is 0 Å². The highest BCUT2D eigenvalue weighted by Gasteiger charge is 2.12. The Balaban J connectivity index is 1.57. The highest BCUT2D eigenvalue weighted by molar-refractivity contribution is 8.01. The van der Waals surface area contributed by atoms with Crippen LogP contribution in [-0.4, -0.2) is 23.3 Å². The minimum absolute atomic E-state index is 0.00146. The van der Waals surface area contributed by atoms with Crippen LogP contribution in [0.15, 0.2) is 52.9 Å². The number of hydrogen-bond donors (Lipinski definition) is 1. The molecule has 0 fully saturated rings. The van der Waals surface area contributed by atoms with Gasteiger partial charge in [0, 0.05) is 0 Å². The summed E-state index contributed by atoms with van der Waals surface area (Å²) in [5, 5.41) is 3.02. The molecule has 1 N–H and O–H groups in total. The van der Waals surface area contributed by atoms with Crippen LogP contribution in [0, 0.1) is 0 Å². The zero-order valence-electron chi connectivity index (χ0n) is 14.2. The van der Waals surface area contributed by atoms with Gasteiger partial charge in [-0.3, -0.25) is 4.79 Å². The molecule has 1 atom stereocenters. The normalized spacial score (nSPS) is 12.1. The van der Waals surface area contributed by atoms with Crippen LogP contribution in [0.2, 0.25) is 0 Å². The van der Waals surface area contributed by atoms with Gasteiger partial charge in [0.2, 0.25) is 5.91 Å². The van der Waals surface area contributed by atoms with Crippen molar-refractivity contribution in [2.24, 2.45) is 0 Å². The van der Waals surface area contributed by atoms with Crippen molar-refractivity contribution in [1.29, 1.82) is 0 Å². The van der Waals surface area contributed by atoms with E-state index in [0.717, 1.165) is 25.9 Å². The molecule has 0 spiro atoms. The Bertz CT molecular complexity index is 849. The molecule has 2 aromatic carbocycles. The minimum atomic E-state index is -0.00146. The molecule has 3 rings (SSSR count). The maximum atomic E-state index is 12.2. The molecule has 0 aliphatic carbocycles. The van der Waals surface area contributed by atoms with Gasteiger partial charge in [0.25, 0.3) is 0 Å². The minimum Gasteiger partial charge on any atom is -0.494 e. The molecule has 0 radical (unpaired) electrons. The van der Waals surface area contributed by atoms with E-state index in [1.54, 1.807) is 11.3 Å². The molecule has 0 saturated heterocycles. The molecule has 4 nitrogen and oxygen atoms in total. The SMILES string of the molecule is CCOc1ccc2nc(SCC(=O)N[C@@H](C)c3ccccc3)sc2c1. The van der Waals surface area contributed by atoms with Gasteiger partial charge < -0.3 is 10.1 Å². The Morgan fingerprint density at radius 3 is 2.84 bits per heavy atom. The van der Waals surface area contributed by atoms with Gasteiger partial charge in [0.1, 0.15) is 5.75 Å². The van der Waals surface area contributed by atoms with Gasteiger partial charge in [-0.05, 0) is 37.6 Å². The number of nitrogens with zero attached hydrogens (tertiary/aromatic N) is 1. The van der Waals surface area contributed by atoms with Crippen molar-refractivity contribution in [3.8, 4) is 5.75 Å². The van der Waals surface area contributed by atoms with Crippen LogP contribution in [0.5, 0.6) is 5.75 Å². The number of rotatable bonds is 7. The predicted octanol–water partition coefficient (Wildman–Crippen LogP) is 4.66. The molecular weight excluding hydrogens is 352 g/mol. The highest BCUT2D eigenvalue weighted by Crippen LogP contribution is 2.31. The molecule has 0 aliphatic heterocycles. The summed E-state index contributed by atoms with van der Waals surface area (Å²) in [5.74, 6) is 1.22. The van der Waals surface area contributed by atoms with E-state index in [2.05, 4.69) is 10.3 Å². The van der Waals surface area contributed by atoms with Crippen LogP contribution in [0.4, 0.5) is 0 Å². The van der Waals surface area contributed by atoms with E-state index in [-0.39, 0.29) is 11.9 Å². The molecule has 3 aromatic rings. The van der Waals surface area contributed by atoms with Gasteiger partial charge in [-0.2, -0.15) is 0 Å². The molecule has 25 heavy (non-hydrogen) atoms. The van der Waals surface area contributed by atoms with Crippen LogP contribution < -0.4 is 10.1 Å². The number of fused-ring (bicyclic) bond motifs is 1. The van der Waals surface area contributed by atoms with E-state index in [9.17, 15) is 4.79 Å². The van der Waals surface area contributed by atoms with E-state index in [4.69, 9.17) is 4.74 Å². The second-order valence-electron chi connectivity index (χ2n) is 5.53. The topological polar surface area (TPSA) is 51.2 Å². The van der Waals surface area contributed by atoms with Crippen molar-refractivity contribution in [1.82, 2.24) is 10.3 Å². The van der Waals surface area contributed by atoms with Crippen molar-refractivity contribution < 1.29 is 9.53 Å². The Hall–Kier alpha value is -2.05. The number of ether oxygens (including phenoxy) is 1. The monoisotopic (exact) mass is 372 g/mol. The number of carbonyl (C=O) groups excluding carboxylic acids is 1. The third-order valence-electron chi connectivity index (χ3n) is 3.66. The van der Waals surface area contributed by atoms with Gasteiger partial charge in [0.05, 0.1) is 28.6 Å². The number of benzene rings is 2. The number of nitrogens with one attached hydrogen (secondary N) is 1. The Kier molecular flexibility index (Phi) is 5.94. The lowest BCUT2D eigenvalue weighted by molar-refractivity contribution is -0.119. The largest absolute Gasteiger partial charge is 0.494 e. The number of hydrogen-bond acceptors (Lipinski definition) is 5. The summed E-state index contributed by atoms with van der Waals surface area (Å²) < 4.78 is 7.49. The zero-order valence-corrected chi connectivity index (χ0v) is 15.8. The fourth-order valence-corrected chi connectivity index (χ4v) is 4.35. The molecule has 1 amide bonds. The fraction of sp³-hybridized carbons (Fsp3) is 0.263. The molecule has 6 heteroatoms. The highest BCUT2D eigenvalue weighted by atomic mass is 32.2. The van der Waals surface area contributed by atoms with E-state index in [0.29, 0.717) is 12.4 Å². The van der Waals surface area contributed by atoms with Gasteiger partial charge in [-0.15, -0.1) is 11.3 Å². The summed E-state index contributed by atoms with van der Waals surface area (Å²) in [6.07, 6.45) is 0. The van der Waals surface area contributed by atoms with Crippen molar-refractivity contribution >= 4 is 39.2 Å². The van der Waals surface area contributed by atoms with Crippen molar-refractivity contribution in [2.75, 3.05) is 12.4 Å². The second-order valence-corrected chi connectivity index (χ2v) is 7.78. The van der Waals surface area contributed by atoms with Crippen LogP contribution in [0.1, 0.15) is 25.5 Å². The maximum absolute atomic E-state index is 12.2. The third-order valence-corrected chi connectivity index (χ3v) is 5.82. The van der Waals surface area contributed by atoms with Gasteiger partial charge in [0.15, 0.2) is 4.34 Å². The zero-order chi connectivity index (χ0) is 17.6. The molecule has 130 valence electrons. The molecule has 1 aromatic heterocycles. The first-order valence-corrected chi connectivity index (χ1v) is 9.96.